The van der Waals surface area contributed by atoms with Gasteiger partial charge in [-0.2, -0.15) is 23.7 Å². The van der Waals surface area contributed by atoms with E-state index in [0.717, 1.165) is 117 Å². The van der Waals surface area contributed by atoms with Crippen LogP contribution >= 0.6 is 0 Å². The van der Waals surface area contributed by atoms with E-state index in [4.69, 9.17) is 19.9 Å². The van der Waals surface area contributed by atoms with Gasteiger partial charge in [-0.1, -0.05) is 176 Å². The molecule has 0 aliphatic carbocycles. The predicted molar refractivity (Wildman–Crippen MR) is 370 cm³/mol. The first kappa shape index (κ1) is 56.4. The van der Waals surface area contributed by atoms with E-state index >= 15 is 13.2 Å². The molecule has 0 bridgehead atoms. The second-order valence-electron chi connectivity index (χ2n) is 23.1. The van der Waals surface area contributed by atoms with Gasteiger partial charge in [0.1, 0.15) is 6.07 Å². The number of halogens is 3. The highest BCUT2D eigenvalue weighted by atomic mass is 19.4. The summed E-state index contributed by atoms with van der Waals surface area (Å²) in [6, 6.07) is 92.1. The van der Waals surface area contributed by atoms with Crippen molar-refractivity contribution in [3.8, 4) is 124 Å². The van der Waals surface area contributed by atoms with E-state index in [1.54, 1.807) is 36.9 Å². The van der Waals surface area contributed by atoms with Gasteiger partial charge in [0.25, 0.3) is 0 Å². The van der Waals surface area contributed by atoms with E-state index in [-0.39, 0.29) is 27.9 Å². The normalized spacial score (nSPS) is 11.5. The molecule has 0 aliphatic heterocycles. The molecule has 6 heterocycles. The van der Waals surface area contributed by atoms with E-state index in [0.29, 0.717) is 27.8 Å². The Hall–Kier alpha value is -12.8. The lowest BCUT2D eigenvalue weighted by Crippen LogP contribution is -2.11. The van der Waals surface area contributed by atoms with Crippen LogP contribution in [0, 0.1) is 22.7 Å². The minimum atomic E-state index is -4.94. The van der Waals surface area contributed by atoms with Gasteiger partial charge < -0.3 is 9.13 Å². The molecule has 16 aromatic rings. The fourth-order valence-corrected chi connectivity index (χ4v) is 13.2. The Morgan fingerprint density at radius 3 is 0.926 bits per heavy atom. The Morgan fingerprint density at radius 2 is 0.606 bits per heavy atom. The highest BCUT2D eigenvalue weighted by molar-refractivity contribution is 6.14. The third-order valence-corrected chi connectivity index (χ3v) is 17.7. The van der Waals surface area contributed by atoms with Crippen molar-refractivity contribution in [2.24, 2.45) is 0 Å². The second-order valence-corrected chi connectivity index (χ2v) is 23.1. The van der Waals surface area contributed by atoms with Gasteiger partial charge in [0.05, 0.1) is 79.0 Å². The molecule has 0 amide bonds. The van der Waals surface area contributed by atoms with Crippen molar-refractivity contribution in [3.05, 3.63) is 314 Å². The Kier molecular flexibility index (Phi) is 13.9. The summed E-state index contributed by atoms with van der Waals surface area (Å²) in [5.74, 6) is 0. The highest BCUT2D eigenvalue weighted by Gasteiger charge is 2.36. The molecule has 16 rings (SSSR count). The van der Waals surface area contributed by atoms with Crippen LogP contribution in [0.4, 0.5) is 13.2 Å². The van der Waals surface area contributed by atoms with Crippen molar-refractivity contribution < 1.29 is 13.2 Å². The first-order valence-electron chi connectivity index (χ1n) is 30.6. The summed E-state index contributed by atoms with van der Waals surface area (Å²) in [4.78, 5) is 19.0. The molecule has 0 unspecified atom stereocenters. The molecule has 0 spiro atoms. The fourth-order valence-electron chi connectivity index (χ4n) is 13.2. The topological polar surface area (TPSA) is 109 Å². The molecule has 11 heteroatoms. The molecule has 0 fully saturated rings. The minimum Gasteiger partial charge on any atom is -0.309 e. The van der Waals surface area contributed by atoms with Crippen LogP contribution in [0.25, 0.3) is 156 Å². The van der Waals surface area contributed by atoms with Crippen molar-refractivity contribution in [1.29, 1.82) is 10.5 Å². The van der Waals surface area contributed by atoms with Crippen LogP contribution in [-0.4, -0.2) is 29.1 Å². The maximum absolute atomic E-state index is 16.3. The van der Waals surface area contributed by atoms with E-state index < -0.39 is 11.7 Å². The molecule has 6 aromatic heterocycles. The van der Waals surface area contributed by atoms with Crippen molar-refractivity contribution in [1.82, 2.24) is 29.1 Å². The summed E-state index contributed by atoms with van der Waals surface area (Å²) in [5.41, 5.74) is 15.5. The number of hydrogen-bond acceptors (Lipinski definition) is 6. The molecule has 0 atom stereocenters. The number of alkyl halides is 3. The van der Waals surface area contributed by atoms with Crippen LogP contribution in [0.2, 0.25) is 0 Å². The van der Waals surface area contributed by atoms with E-state index in [1.807, 2.05) is 215 Å². The second kappa shape index (κ2) is 23.2. The third-order valence-electron chi connectivity index (χ3n) is 17.7. The fraction of sp³-hybridized carbons (Fsp3) is 0.0120. The molecule has 0 radical (unpaired) electrons. The molecule has 10 aromatic carbocycles. The molecule has 94 heavy (non-hydrogen) atoms. The minimum absolute atomic E-state index is 0.0733. The van der Waals surface area contributed by atoms with Crippen molar-refractivity contribution in [3.63, 3.8) is 0 Å². The Morgan fingerprint density at radius 1 is 0.287 bits per heavy atom. The molecular formula is C83H49F3N8. The van der Waals surface area contributed by atoms with Crippen LogP contribution in [-0.2, 0) is 6.18 Å². The molecule has 8 nitrogen and oxygen atoms in total. The van der Waals surface area contributed by atoms with Crippen LogP contribution in [0.1, 0.15) is 16.7 Å². The van der Waals surface area contributed by atoms with Gasteiger partial charge in [-0.15, -0.1) is 0 Å². The maximum atomic E-state index is 16.3. The van der Waals surface area contributed by atoms with Gasteiger partial charge in [0.2, 0.25) is 0 Å². The molecule has 0 saturated carbocycles. The van der Waals surface area contributed by atoms with E-state index in [9.17, 15) is 10.5 Å². The monoisotopic (exact) mass is 1210 g/mol. The third kappa shape index (κ3) is 10.1. The molecule has 0 aliphatic rings. The van der Waals surface area contributed by atoms with Gasteiger partial charge in [-0.3, -0.25) is 19.9 Å². The summed E-state index contributed by atoms with van der Waals surface area (Å²) in [5, 5.41) is 26.5. The van der Waals surface area contributed by atoms with Crippen molar-refractivity contribution in [2.45, 2.75) is 6.18 Å². The van der Waals surface area contributed by atoms with Gasteiger partial charge in [0.15, 0.2) is 0 Å². The summed E-state index contributed by atoms with van der Waals surface area (Å²) >= 11 is 0. The lowest BCUT2D eigenvalue weighted by molar-refractivity contribution is -0.137. The predicted octanol–water partition coefficient (Wildman–Crippen LogP) is 21.2. The largest absolute Gasteiger partial charge is 0.417 e. The SMILES string of the molecule is N#Cc1cc(-n2c3cc(-c4ccnc(-c5ccccc5)c4)ccc3c3ccc(-c4ccnc(-c5ccccc5)c4)cc32)c(-c2c(C#N)cccc2C(F)(F)F)cc1-n1c2cc(-c3ccnc(-c4ccccc4)c3)ccc2c2ccc(-c3ccnc(-c4ccccc4)c3)cc21. The maximum Gasteiger partial charge on any atom is 0.417 e. The Labute approximate surface area is 538 Å². The first-order valence-corrected chi connectivity index (χ1v) is 30.6. The van der Waals surface area contributed by atoms with Gasteiger partial charge in [0, 0.05) is 79.7 Å². The number of aromatic nitrogens is 6. The number of benzene rings is 10. The summed E-state index contributed by atoms with van der Waals surface area (Å²) in [6.07, 6.45) is 2.17. The van der Waals surface area contributed by atoms with Crippen LogP contribution < -0.4 is 0 Å². The molecule has 0 saturated heterocycles. The van der Waals surface area contributed by atoms with Crippen LogP contribution in [0.15, 0.2) is 298 Å². The zero-order chi connectivity index (χ0) is 63.4. The number of nitriles is 2. The number of hydrogen-bond donors (Lipinski definition) is 0. The number of fused-ring (bicyclic) bond motifs is 6. The number of pyridine rings is 4. The quantitative estimate of drug-likeness (QED) is 0.128. The smallest absolute Gasteiger partial charge is 0.309 e. The summed E-state index contributed by atoms with van der Waals surface area (Å²) in [6.45, 7) is 0. The molecular weight excluding hydrogens is 1170 g/mol. The molecule has 0 N–H and O–H groups in total. The number of nitrogens with zero attached hydrogens (tertiary/aromatic N) is 8. The first-order chi connectivity index (χ1) is 46.1. The Balaban J connectivity index is 1.00. The van der Waals surface area contributed by atoms with Crippen LogP contribution in [0.3, 0.4) is 0 Å². The highest BCUT2D eigenvalue weighted by Crippen LogP contribution is 2.48. The molecule has 442 valence electrons. The Bertz CT molecular complexity index is 5470. The number of rotatable bonds is 11. The summed E-state index contributed by atoms with van der Waals surface area (Å²) in [7, 11) is 0. The van der Waals surface area contributed by atoms with E-state index in [2.05, 4.69) is 48.5 Å². The van der Waals surface area contributed by atoms with Gasteiger partial charge in [-0.05, 0) is 142 Å². The zero-order valence-corrected chi connectivity index (χ0v) is 50.0. The standard InChI is InChI=1S/C83H49F3N8/c84-83(85,86)71-23-13-22-64(50-87)82(71)70-49-76(93-77-44-56(60-32-36-89-72(40-60)52-14-5-1-6-15-52)24-28-66(77)67-29-25-57(45-78(67)93)61-33-37-90-73(41-61)53-16-7-2-8-17-53)65(51-88)48-81(70)94-79-46-58(62-34-38-91-74(42-62)54-18-9-3-10-19-54)26-30-68(79)69-31-27-59(47-80(69)94)63-35-39-92-75(43-63)55-20-11-4-12-21-55/h1-49H. The average molecular weight is 1220 g/mol. The zero-order valence-electron chi connectivity index (χ0n) is 50.0. The van der Waals surface area contributed by atoms with Crippen molar-refractivity contribution >= 4 is 43.6 Å². The van der Waals surface area contributed by atoms with Crippen molar-refractivity contribution in [2.75, 3.05) is 0 Å². The summed E-state index contributed by atoms with van der Waals surface area (Å²) < 4.78 is 52.7. The van der Waals surface area contributed by atoms with Gasteiger partial charge >= 0.3 is 6.18 Å². The lowest BCUT2D eigenvalue weighted by Gasteiger charge is -2.22. The van der Waals surface area contributed by atoms with Crippen LogP contribution in [0.5, 0.6) is 0 Å². The average Bonchev–Trinajstić information content (AvgIpc) is 1.72. The lowest BCUT2D eigenvalue weighted by atomic mass is 9.91. The van der Waals surface area contributed by atoms with E-state index in [1.165, 1.54) is 12.1 Å². The van der Waals surface area contributed by atoms with Gasteiger partial charge in [-0.25, -0.2) is 0 Å².